The van der Waals surface area contributed by atoms with Gasteiger partial charge in [0.1, 0.15) is 22.8 Å². The highest BCUT2D eigenvalue weighted by molar-refractivity contribution is 7.20. The second-order valence-corrected chi connectivity index (χ2v) is 10.4. The van der Waals surface area contributed by atoms with Crippen molar-refractivity contribution in [2.24, 2.45) is 0 Å². The van der Waals surface area contributed by atoms with Crippen LogP contribution in [-0.2, 0) is 6.54 Å². The molecule has 0 radical (unpaired) electrons. The van der Waals surface area contributed by atoms with Gasteiger partial charge in [-0.15, -0.1) is 11.3 Å². The number of para-hydroxylation sites is 1. The summed E-state index contributed by atoms with van der Waals surface area (Å²) in [4.78, 5) is 25.3. The molecule has 8 nitrogen and oxygen atoms in total. The van der Waals surface area contributed by atoms with Gasteiger partial charge in [0.05, 0.1) is 15.3 Å². The number of aromatic nitrogens is 2. The Labute approximate surface area is 221 Å². The highest BCUT2D eigenvalue weighted by Crippen LogP contribution is 2.36. The molecule has 190 valence electrons. The summed E-state index contributed by atoms with van der Waals surface area (Å²) < 4.78 is 24.6. The van der Waals surface area contributed by atoms with E-state index in [2.05, 4.69) is 31.6 Å². The first kappa shape index (κ1) is 23.9. The highest BCUT2D eigenvalue weighted by Gasteiger charge is 2.25. The van der Waals surface area contributed by atoms with Gasteiger partial charge in [0.25, 0.3) is 5.91 Å². The molecule has 2 aliphatic rings. The predicted octanol–water partition coefficient (Wildman–Crippen LogP) is 5.35. The Morgan fingerprint density at radius 3 is 2.86 bits per heavy atom. The van der Waals surface area contributed by atoms with Crippen LogP contribution < -0.4 is 20.1 Å². The summed E-state index contributed by atoms with van der Waals surface area (Å²) in [6.45, 7) is 2.81. The fourth-order valence-corrected chi connectivity index (χ4v) is 5.71. The smallest absolute Gasteiger partial charge is 0.261 e. The van der Waals surface area contributed by atoms with Crippen molar-refractivity contribution < 1.29 is 18.7 Å². The maximum atomic E-state index is 13.5. The number of nitrogens with zero attached hydrogens (tertiary/aromatic N) is 3. The zero-order valence-electron chi connectivity index (χ0n) is 19.7. The molecule has 2 aromatic carbocycles. The third-order valence-electron chi connectivity index (χ3n) is 6.53. The number of carbonyl (C=O) groups is 1. The van der Waals surface area contributed by atoms with E-state index in [-0.39, 0.29) is 23.8 Å². The zero-order chi connectivity index (χ0) is 25.4. The normalized spacial score (nSPS) is 15.7. The molecular weight excluding hydrogens is 517 g/mol. The number of amides is 1. The van der Waals surface area contributed by atoms with Gasteiger partial charge in [-0.2, -0.15) is 0 Å². The van der Waals surface area contributed by atoms with Crippen LogP contribution >= 0.6 is 22.9 Å². The Bertz CT molecular complexity index is 1470. The molecule has 1 fully saturated rings. The fourth-order valence-electron chi connectivity index (χ4n) is 4.63. The fraction of sp³-hybridized carbons (Fsp3) is 0.269. The molecule has 4 heterocycles. The minimum Gasteiger partial charge on any atom is -0.454 e. The summed E-state index contributed by atoms with van der Waals surface area (Å²) in [5.74, 6) is 1.55. The van der Waals surface area contributed by atoms with Crippen LogP contribution in [0.15, 0.2) is 48.8 Å². The first-order valence-corrected chi connectivity index (χ1v) is 13.1. The van der Waals surface area contributed by atoms with Crippen LogP contribution in [0, 0.1) is 5.82 Å². The Kier molecular flexibility index (Phi) is 6.54. The van der Waals surface area contributed by atoms with Gasteiger partial charge < -0.3 is 20.1 Å². The van der Waals surface area contributed by atoms with Crippen molar-refractivity contribution in [2.45, 2.75) is 25.4 Å². The number of nitrogens with one attached hydrogen (secondary N) is 2. The van der Waals surface area contributed by atoms with Crippen molar-refractivity contribution in [3.63, 3.8) is 0 Å². The molecule has 2 N–H and O–H groups in total. The summed E-state index contributed by atoms with van der Waals surface area (Å²) >= 11 is 7.21. The van der Waals surface area contributed by atoms with Crippen LogP contribution in [0.25, 0.3) is 10.2 Å². The van der Waals surface area contributed by atoms with Crippen molar-refractivity contribution in [1.29, 1.82) is 0 Å². The molecule has 0 aliphatic carbocycles. The lowest BCUT2D eigenvalue weighted by molar-refractivity contribution is 0.0913. The highest BCUT2D eigenvalue weighted by atomic mass is 35.5. The molecule has 0 atom stereocenters. The third kappa shape index (κ3) is 5.04. The van der Waals surface area contributed by atoms with Crippen LogP contribution in [0.1, 0.15) is 28.1 Å². The summed E-state index contributed by atoms with van der Waals surface area (Å²) in [7, 11) is 0. The van der Waals surface area contributed by atoms with Crippen molar-refractivity contribution in [2.75, 3.05) is 25.2 Å². The number of hydrogen-bond donors (Lipinski definition) is 2. The minimum absolute atomic E-state index is 0.0155. The topological polar surface area (TPSA) is 88.6 Å². The van der Waals surface area contributed by atoms with Gasteiger partial charge in [-0.25, -0.2) is 14.4 Å². The molecule has 37 heavy (non-hydrogen) atoms. The molecule has 6 rings (SSSR count). The predicted molar refractivity (Wildman–Crippen MR) is 140 cm³/mol. The zero-order valence-corrected chi connectivity index (χ0v) is 21.2. The van der Waals surface area contributed by atoms with E-state index in [9.17, 15) is 9.18 Å². The Balaban J connectivity index is 1.08. The van der Waals surface area contributed by atoms with Crippen molar-refractivity contribution in [3.05, 3.63) is 70.1 Å². The Hall–Kier alpha value is -3.47. The maximum Gasteiger partial charge on any atom is 0.261 e. The molecule has 1 amide bonds. The minimum atomic E-state index is -0.493. The summed E-state index contributed by atoms with van der Waals surface area (Å²) in [6.07, 6.45) is 3.16. The van der Waals surface area contributed by atoms with Crippen LogP contribution in [0.3, 0.4) is 0 Å². The van der Waals surface area contributed by atoms with Gasteiger partial charge in [-0.05, 0) is 43.2 Å². The molecular formula is C26H23ClFN5O3S. The second-order valence-electron chi connectivity index (χ2n) is 8.98. The molecule has 2 aromatic heterocycles. The number of hydrogen-bond acceptors (Lipinski definition) is 8. The first-order chi connectivity index (χ1) is 18.0. The van der Waals surface area contributed by atoms with Gasteiger partial charge in [0, 0.05) is 36.9 Å². The van der Waals surface area contributed by atoms with Gasteiger partial charge in [0.2, 0.25) is 6.79 Å². The lowest BCUT2D eigenvalue weighted by Gasteiger charge is -2.32. The van der Waals surface area contributed by atoms with E-state index >= 15 is 0 Å². The third-order valence-corrected chi connectivity index (χ3v) is 7.86. The molecule has 1 saturated heterocycles. The summed E-state index contributed by atoms with van der Waals surface area (Å²) in [5, 5.41) is 7.05. The average molecular weight is 540 g/mol. The van der Waals surface area contributed by atoms with E-state index in [1.54, 1.807) is 12.1 Å². The number of ether oxygens (including phenoxy) is 2. The van der Waals surface area contributed by atoms with E-state index in [1.807, 2.05) is 12.1 Å². The number of benzene rings is 2. The number of halogens is 2. The van der Waals surface area contributed by atoms with Crippen LogP contribution in [0.5, 0.6) is 11.5 Å². The lowest BCUT2D eigenvalue weighted by Crippen LogP contribution is -2.44. The van der Waals surface area contributed by atoms with Crippen molar-refractivity contribution in [1.82, 2.24) is 20.2 Å². The Morgan fingerprint density at radius 1 is 1.16 bits per heavy atom. The van der Waals surface area contributed by atoms with E-state index in [0.29, 0.717) is 21.2 Å². The van der Waals surface area contributed by atoms with Gasteiger partial charge in [-0.3, -0.25) is 9.69 Å². The quantitative estimate of drug-likeness (QED) is 0.341. The summed E-state index contributed by atoms with van der Waals surface area (Å²) in [5.41, 5.74) is 1.71. The molecule has 4 aromatic rings. The maximum absolute atomic E-state index is 13.5. The van der Waals surface area contributed by atoms with E-state index in [0.717, 1.165) is 54.9 Å². The van der Waals surface area contributed by atoms with Gasteiger partial charge in [-0.1, -0.05) is 23.7 Å². The molecule has 0 bridgehead atoms. The van der Waals surface area contributed by atoms with Crippen molar-refractivity contribution >= 4 is 50.6 Å². The molecule has 11 heteroatoms. The van der Waals surface area contributed by atoms with Crippen LogP contribution in [0.4, 0.5) is 15.9 Å². The van der Waals surface area contributed by atoms with Gasteiger partial charge >= 0.3 is 0 Å². The number of carbonyl (C=O) groups excluding carboxylic acids is 1. The summed E-state index contributed by atoms with van der Waals surface area (Å²) in [6, 6.07) is 12.2. The molecule has 0 saturated carbocycles. The standard InChI is InChI=1S/C26H23ClFN5O3S/c27-19-10-17(4-5-20(19)28)31-24-18-11-22(37-26(18)30-13-29-24)25(34)32-16-6-8-33(9-7-16)12-15-2-1-3-21-23(15)36-14-35-21/h1-5,10-11,13,16H,6-9,12,14H2,(H,32,34)(H,29,30,31). The lowest BCUT2D eigenvalue weighted by atomic mass is 10.0. The molecule has 0 unspecified atom stereocenters. The number of thiophene rings is 1. The van der Waals surface area contributed by atoms with E-state index < -0.39 is 5.82 Å². The molecule has 2 aliphatic heterocycles. The van der Waals surface area contributed by atoms with Crippen LogP contribution in [0.2, 0.25) is 5.02 Å². The number of piperidine rings is 1. The SMILES string of the molecule is O=C(NC1CCN(Cc2cccc3c2OCO3)CC1)c1cc2c(Nc3ccc(F)c(Cl)c3)ncnc2s1. The van der Waals surface area contributed by atoms with Gasteiger partial charge in [0.15, 0.2) is 11.5 Å². The number of likely N-dealkylation sites (tertiary alicyclic amines) is 1. The Morgan fingerprint density at radius 2 is 2.03 bits per heavy atom. The average Bonchev–Trinajstić information content (AvgIpc) is 3.56. The number of anilines is 2. The largest absolute Gasteiger partial charge is 0.454 e. The monoisotopic (exact) mass is 539 g/mol. The molecule has 0 spiro atoms. The second kappa shape index (κ2) is 10.1. The van der Waals surface area contributed by atoms with E-state index in [4.69, 9.17) is 21.1 Å². The van der Waals surface area contributed by atoms with E-state index in [1.165, 1.54) is 29.8 Å². The number of fused-ring (bicyclic) bond motifs is 2. The number of rotatable bonds is 6. The van der Waals surface area contributed by atoms with Crippen molar-refractivity contribution in [3.8, 4) is 11.5 Å². The first-order valence-electron chi connectivity index (χ1n) is 11.9. The van der Waals surface area contributed by atoms with Crippen LogP contribution in [-0.4, -0.2) is 46.7 Å².